The average Bonchev–Trinajstić information content (AvgIpc) is 3.19. The van der Waals surface area contributed by atoms with E-state index in [1.54, 1.807) is 4.68 Å². The number of nitrogens with two attached hydrogens (primary N) is 1. The highest BCUT2D eigenvalue weighted by Crippen LogP contribution is 2.28. The molecule has 1 heterocycles. The van der Waals surface area contributed by atoms with Crippen molar-refractivity contribution in [3.8, 4) is 6.07 Å². The van der Waals surface area contributed by atoms with Gasteiger partial charge in [-0.15, -0.1) is 0 Å². The van der Waals surface area contributed by atoms with E-state index in [2.05, 4.69) is 35.5 Å². The maximum Gasteiger partial charge on any atom is 0.168 e. The van der Waals surface area contributed by atoms with Crippen molar-refractivity contribution >= 4 is 11.6 Å². The van der Waals surface area contributed by atoms with E-state index in [0.717, 1.165) is 18.4 Å². The van der Waals surface area contributed by atoms with Crippen LogP contribution >= 0.6 is 0 Å². The second-order valence-corrected chi connectivity index (χ2v) is 5.22. The van der Waals surface area contributed by atoms with Crippen LogP contribution in [0.4, 0.5) is 11.6 Å². The van der Waals surface area contributed by atoms with Gasteiger partial charge in [0.05, 0.1) is 6.54 Å². The summed E-state index contributed by atoms with van der Waals surface area (Å²) in [6.07, 6.45) is 2.27. The standard InChI is InChI=1S/C15H17N5/c1-10-4-2-3-5-11(10)9-20-14(17)13(8-16)15(19-20)18-12-6-7-12/h2-5,12H,6-7,9,17H2,1H3,(H,18,19). The second-order valence-electron chi connectivity index (χ2n) is 5.22. The number of nitrogens with one attached hydrogen (secondary N) is 1. The van der Waals surface area contributed by atoms with E-state index in [-0.39, 0.29) is 0 Å². The van der Waals surface area contributed by atoms with Gasteiger partial charge in [0.25, 0.3) is 0 Å². The highest BCUT2D eigenvalue weighted by molar-refractivity contribution is 5.64. The Kier molecular flexibility index (Phi) is 3.07. The van der Waals surface area contributed by atoms with Crippen LogP contribution in [0.5, 0.6) is 0 Å². The number of benzene rings is 1. The summed E-state index contributed by atoms with van der Waals surface area (Å²) in [5.41, 5.74) is 8.85. The number of nitrogens with zero attached hydrogens (tertiary/aromatic N) is 3. The molecule has 0 saturated heterocycles. The molecule has 20 heavy (non-hydrogen) atoms. The van der Waals surface area contributed by atoms with Crippen LogP contribution in [0, 0.1) is 18.3 Å². The van der Waals surface area contributed by atoms with Gasteiger partial charge in [-0.25, -0.2) is 4.68 Å². The average molecular weight is 267 g/mol. The zero-order chi connectivity index (χ0) is 14.1. The molecule has 3 rings (SSSR count). The van der Waals surface area contributed by atoms with E-state index in [9.17, 15) is 5.26 Å². The highest BCUT2D eigenvalue weighted by Gasteiger charge is 2.25. The number of anilines is 2. The molecule has 0 aliphatic heterocycles. The van der Waals surface area contributed by atoms with Crippen LogP contribution in [-0.2, 0) is 6.54 Å². The molecule has 0 spiro atoms. The van der Waals surface area contributed by atoms with Crippen molar-refractivity contribution in [1.29, 1.82) is 5.26 Å². The Bertz CT molecular complexity index is 676. The minimum atomic E-state index is 0.430. The zero-order valence-electron chi connectivity index (χ0n) is 11.4. The van der Waals surface area contributed by atoms with Gasteiger partial charge in [0.15, 0.2) is 5.82 Å². The van der Waals surface area contributed by atoms with Crippen molar-refractivity contribution in [3.63, 3.8) is 0 Å². The van der Waals surface area contributed by atoms with Crippen molar-refractivity contribution in [2.45, 2.75) is 32.4 Å². The summed E-state index contributed by atoms with van der Waals surface area (Å²) in [4.78, 5) is 0. The fourth-order valence-corrected chi connectivity index (χ4v) is 2.18. The number of nitrogen functional groups attached to an aromatic ring is 1. The summed E-state index contributed by atoms with van der Waals surface area (Å²) < 4.78 is 1.70. The number of aryl methyl sites for hydroxylation is 1. The maximum atomic E-state index is 9.24. The number of aromatic nitrogens is 2. The van der Waals surface area contributed by atoms with Crippen LogP contribution in [0.2, 0.25) is 0 Å². The fourth-order valence-electron chi connectivity index (χ4n) is 2.18. The predicted molar refractivity (Wildman–Crippen MR) is 78.3 cm³/mol. The van der Waals surface area contributed by atoms with Crippen molar-refractivity contribution in [2.75, 3.05) is 11.1 Å². The summed E-state index contributed by atoms with van der Waals surface area (Å²) >= 11 is 0. The molecule has 1 fully saturated rings. The number of hydrogen-bond donors (Lipinski definition) is 2. The Morgan fingerprint density at radius 2 is 2.20 bits per heavy atom. The van der Waals surface area contributed by atoms with Crippen LogP contribution in [0.3, 0.4) is 0 Å². The largest absolute Gasteiger partial charge is 0.383 e. The Labute approximate surface area is 118 Å². The van der Waals surface area contributed by atoms with E-state index in [4.69, 9.17) is 5.73 Å². The third kappa shape index (κ3) is 2.32. The molecule has 5 heteroatoms. The summed E-state index contributed by atoms with van der Waals surface area (Å²) in [6.45, 7) is 2.64. The quantitative estimate of drug-likeness (QED) is 0.890. The first-order chi connectivity index (χ1) is 9.69. The first kappa shape index (κ1) is 12.5. The van der Waals surface area contributed by atoms with Gasteiger partial charge in [-0.1, -0.05) is 24.3 Å². The Morgan fingerprint density at radius 1 is 1.45 bits per heavy atom. The lowest BCUT2D eigenvalue weighted by Crippen LogP contribution is -2.08. The Morgan fingerprint density at radius 3 is 2.85 bits per heavy atom. The fraction of sp³-hybridized carbons (Fsp3) is 0.333. The van der Waals surface area contributed by atoms with E-state index in [0.29, 0.717) is 29.8 Å². The summed E-state index contributed by atoms with van der Waals surface area (Å²) in [5, 5.41) is 17.0. The molecule has 1 aromatic carbocycles. The molecule has 1 aliphatic rings. The molecule has 102 valence electrons. The highest BCUT2D eigenvalue weighted by atomic mass is 15.3. The molecular formula is C15H17N5. The molecule has 5 nitrogen and oxygen atoms in total. The summed E-state index contributed by atoms with van der Waals surface area (Å²) in [7, 11) is 0. The van der Waals surface area contributed by atoms with E-state index in [1.807, 2.05) is 12.1 Å². The van der Waals surface area contributed by atoms with Crippen LogP contribution in [0.15, 0.2) is 24.3 Å². The first-order valence-corrected chi connectivity index (χ1v) is 6.76. The molecule has 1 saturated carbocycles. The third-order valence-corrected chi connectivity index (χ3v) is 3.60. The van der Waals surface area contributed by atoms with Gasteiger partial charge in [0.1, 0.15) is 17.5 Å². The number of rotatable bonds is 4. The van der Waals surface area contributed by atoms with Crippen molar-refractivity contribution in [1.82, 2.24) is 9.78 Å². The van der Waals surface area contributed by atoms with Crippen LogP contribution < -0.4 is 11.1 Å². The zero-order valence-corrected chi connectivity index (χ0v) is 11.4. The topological polar surface area (TPSA) is 79.7 Å². The molecule has 0 amide bonds. The van der Waals surface area contributed by atoms with Gasteiger partial charge in [-0.3, -0.25) is 0 Å². The van der Waals surface area contributed by atoms with E-state index in [1.165, 1.54) is 5.56 Å². The second kappa shape index (κ2) is 4.89. The number of hydrogen-bond acceptors (Lipinski definition) is 4. The molecule has 0 radical (unpaired) electrons. The van der Waals surface area contributed by atoms with Crippen molar-refractivity contribution in [2.24, 2.45) is 0 Å². The third-order valence-electron chi connectivity index (χ3n) is 3.60. The molecule has 3 N–H and O–H groups in total. The maximum absolute atomic E-state index is 9.24. The molecule has 1 aromatic heterocycles. The molecule has 0 atom stereocenters. The monoisotopic (exact) mass is 267 g/mol. The summed E-state index contributed by atoms with van der Waals surface area (Å²) in [5.74, 6) is 1.04. The Balaban J connectivity index is 1.91. The molecule has 2 aromatic rings. The van der Waals surface area contributed by atoms with Crippen LogP contribution in [0.25, 0.3) is 0 Å². The molecule has 1 aliphatic carbocycles. The van der Waals surface area contributed by atoms with E-state index < -0.39 is 0 Å². The van der Waals surface area contributed by atoms with Crippen LogP contribution in [0.1, 0.15) is 29.5 Å². The van der Waals surface area contributed by atoms with Gasteiger partial charge in [0.2, 0.25) is 0 Å². The smallest absolute Gasteiger partial charge is 0.168 e. The SMILES string of the molecule is Cc1ccccc1Cn1nc(NC2CC2)c(C#N)c1N. The van der Waals surface area contributed by atoms with Gasteiger partial charge < -0.3 is 11.1 Å². The van der Waals surface area contributed by atoms with Crippen molar-refractivity contribution < 1.29 is 0 Å². The van der Waals surface area contributed by atoms with Gasteiger partial charge in [0, 0.05) is 6.04 Å². The molecule has 0 unspecified atom stereocenters. The minimum absolute atomic E-state index is 0.430. The lowest BCUT2D eigenvalue weighted by atomic mass is 10.1. The predicted octanol–water partition coefficient (Wildman–Crippen LogP) is 2.27. The first-order valence-electron chi connectivity index (χ1n) is 6.76. The Hall–Kier alpha value is -2.48. The normalized spacial score (nSPS) is 14.0. The van der Waals surface area contributed by atoms with Crippen LogP contribution in [-0.4, -0.2) is 15.8 Å². The lowest BCUT2D eigenvalue weighted by molar-refractivity contribution is 0.695. The van der Waals surface area contributed by atoms with E-state index >= 15 is 0 Å². The van der Waals surface area contributed by atoms with Gasteiger partial charge in [-0.05, 0) is 30.9 Å². The van der Waals surface area contributed by atoms with Gasteiger partial charge >= 0.3 is 0 Å². The minimum Gasteiger partial charge on any atom is -0.383 e. The molecule has 0 bridgehead atoms. The van der Waals surface area contributed by atoms with Gasteiger partial charge in [-0.2, -0.15) is 10.4 Å². The summed E-state index contributed by atoms with van der Waals surface area (Å²) in [6, 6.07) is 10.7. The number of nitriles is 1. The lowest BCUT2D eigenvalue weighted by Gasteiger charge is -2.07. The molecular weight excluding hydrogens is 250 g/mol. The van der Waals surface area contributed by atoms with Crippen molar-refractivity contribution in [3.05, 3.63) is 41.0 Å².